The van der Waals surface area contributed by atoms with E-state index >= 15 is 0 Å². The molecule has 1 aliphatic heterocycles. The fourth-order valence-electron chi connectivity index (χ4n) is 0.975. The van der Waals surface area contributed by atoms with Crippen LogP contribution in [0.3, 0.4) is 0 Å². The molecule has 2 rings (SSSR count). The number of cyclic esters (lactones) is 2. The van der Waals surface area contributed by atoms with E-state index in [0.717, 1.165) is 0 Å². The Morgan fingerprint density at radius 3 is 2.09 bits per heavy atom. The Bertz CT molecular complexity index is 312. The summed E-state index contributed by atoms with van der Waals surface area (Å²) in [6.45, 7) is 0. The van der Waals surface area contributed by atoms with E-state index in [1.165, 1.54) is 6.07 Å². The van der Waals surface area contributed by atoms with Gasteiger partial charge in [-0.05, 0) is 18.2 Å². The van der Waals surface area contributed by atoms with E-state index in [1.807, 2.05) is 0 Å². The van der Waals surface area contributed by atoms with Gasteiger partial charge in [0.1, 0.15) is 0 Å². The van der Waals surface area contributed by atoms with Crippen LogP contribution in [-0.4, -0.2) is 11.9 Å². The van der Waals surface area contributed by atoms with E-state index in [9.17, 15) is 9.59 Å². The maximum Gasteiger partial charge on any atom is 0.346 e. The fraction of sp³-hybridized carbons (Fsp3) is 0. The predicted molar refractivity (Wildman–Crippen MR) is 36.2 cm³/mol. The van der Waals surface area contributed by atoms with Crippen molar-refractivity contribution in [3.8, 4) is 0 Å². The van der Waals surface area contributed by atoms with Crippen LogP contribution in [0.15, 0.2) is 24.3 Å². The molecule has 0 saturated heterocycles. The third kappa shape index (κ3) is 0.816. The maximum atomic E-state index is 10.8. The molecular weight excluding hydrogens is 144 g/mol. The molecule has 1 heterocycles. The molecule has 0 saturated carbocycles. The van der Waals surface area contributed by atoms with Gasteiger partial charge in [-0.1, -0.05) is 6.07 Å². The number of benzene rings is 1. The third-order valence-electron chi connectivity index (χ3n) is 1.52. The molecule has 0 radical (unpaired) electrons. The zero-order valence-corrected chi connectivity index (χ0v) is 5.53. The number of rotatable bonds is 0. The first-order valence-corrected chi connectivity index (χ1v) is 3.14. The van der Waals surface area contributed by atoms with E-state index in [-0.39, 0.29) is 0 Å². The van der Waals surface area contributed by atoms with Crippen LogP contribution in [-0.2, 0) is 4.74 Å². The maximum absolute atomic E-state index is 10.8. The number of carbonyl (C=O) groups is 2. The summed E-state index contributed by atoms with van der Waals surface area (Å²) in [7, 11) is 0. The second-order valence-electron chi connectivity index (χ2n) is 2.26. The Kier molecular flexibility index (Phi) is 1.06. The summed E-state index contributed by atoms with van der Waals surface area (Å²) in [4.78, 5) is 21.7. The van der Waals surface area contributed by atoms with Crippen LogP contribution >= 0.6 is 0 Å². The molecule has 11 heavy (non-hydrogen) atoms. The lowest BCUT2D eigenvalue weighted by Crippen LogP contribution is -2.18. The highest BCUT2D eigenvalue weighted by atomic mass is 16.6. The molecule has 2 bridgehead atoms. The summed E-state index contributed by atoms with van der Waals surface area (Å²) in [5.74, 6) is -1.13. The second kappa shape index (κ2) is 1.92. The highest BCUT2D eigenvalue weighted by Gasteiger charge is 2.21. The van der Waals surface area contributed by atoms with Crippen molar-refractivity contribution in [2.24, 2.45) is 0 Å². The summed E-state index contributed by atoms with van der Waals surface area (Å²) in [5.41, 5.74) is 0.865. The third-order valence-corrected chi connectivity index (χ3v) is 1.52. The predicted octanol–water partition coefficient (Wildman–Crippen LogP) is 0.997. The molecule has 1 aliphatic rings. The van der Waals surface area contributed by atoms with Gasteiger partial charge in [-0.15, -0.1) is 0 Å². The normalized spacial score (nSPS) is 14.5. The van der Waals surface area contributed by atoms with Gasteiger partial charge in [-0.3, -0.25) is 0 Å². The lowest BCUT2D eigenvalue weighted by Gasteiger charge is -2.09. The Hall–Kier alpha value is -1.64. The van der Waals surface area contributed by atoms with Crippen molar-refractivity contribution in [3.05, 3.63) is 35.4 Å². The van der Waals surface area contributed by atoms with Crippen molar-refractivity contribution in [2.75, 3.05) is 0 Å². The Morgan fingerprint density at radius 1 is 1.00 bits per heavy atom. The molecule has 3 nitrogen and oxygen atoms in total. The molecule has 0 aromatic heterocycles. The molecule has 1 aromatic carbocycles. The van der Waals surface area contributed by atoms with Gasteiger partial charge < -0.3 is 4.74 Å². The molecule has 54 valence electrons. The van der Waals surface area contributed by atoms with Gasteiger partial charge in [-0.2, -0.15) is 0 Å². The first-order chi connectivity index (χ1) is 5.27. The number of ether oxygens (including phenoxy) is 1. The fourth-order valence-corrected chi connectivity index (χ4v) is 0.975. The second-order valence-corrected chi connectivity index (χ2v) is 2.26. The Morgan fingerprint density at radius 2 is 1.55 bits per heavy atom. The lowest BCUT2D eigenvalue weighted by molar-refractivity contribution is 0.0385. The minimum atomic E-state index is -0.567. The van der Waals surface area contributed by atoms with Crippen LogP contribution in [0.25, 0.3) is 0 Å². The molecule has 0 N–H and O–H groups in total. The molecule has 0 spiro atoms. The van der Waals surface area contributed by atoms with Gasteiger partial charge in [0.2, 0.25) is 0 Å². The molecule has 1 aromatic rings. The standard InChI is InChI=1S/C8H4O3/c9-7-5-2-1-3-6(4-5)8(10)11-7/h1-4H. The van der Waals surface area contributed by atoms with Gasteiger partial charge in [0.25, 0.3) is 0 Å². The van der Waals surface area contributed by atoms with Crippen LogP contribution in [0.4, 0.5) is 0 Å². The monoisotopic (exact) mass is 148 g/mol. The van der Waals surface area contributed by atoms with E-state index in [2.05, 4.69) is 4.74 Å². The van der Waals surface area contributed by atoms with Crippen molar-refractivity contribution in [1.82, 2.24) is 0 Å². The molecule has 0 aliphatic carbocycles. The Labute approximate surface area is 62.6 Å². The van der Waals surface area contributed by atoms with E-state index in [4.69, 9.17) is 0 Å². The summed E-state index contributed by atoms with van der Waals surface area (Å²) in [6.07, 6.45) is 0. The van der Waals surface area contributed by atoms with E-state index in [1.54, 1.807) is 18.2 Å². The van der Waals surface area contributed by atoms with Crippen LogP contribution in [0.2, 0.25) is 0 Å². The minimum Gasteiger partial charge on any atom is -0.386 e. The number of carbonyl (C=O) groups excluding carboxylic acids is 2. The zero-order valence-electron chi connectivity index (χ0n) is 5.53. The van der Waals surface area contributed by atoms with Crippen LogP contribution < -0.4 is 0 Å². The highest BCUT2D eigenvalue weighted by Crippen LogP contribution is 2.14. The molecule has 0 unspecified atom stereocenters. The van der Waals surface area contributed by atoms with Crippen molar-refractivity contribution in [3.63, 3.8) is 0 Å². The average molecular weight is 148 g/mol. The van der Waals surface area contributed by atoms with Gasteiger partial charge in [-0.25, -0.2) is 9.59 Å². The van der Waals surface area contributed by atoms with Gasteiger partial charge >= 0.3 is 11.9 Å². The van der Waals surface area contributed by atoms with Gasteiger partial charge in [0.15, 0.2) is 0 Å². The van der Waals surface area contributed by atoms with Crippen molar-refractivity contribution < 1.29 is 14.3 Å². The number of hydrogen-bond donors (Lipinski definition) is 0. The van der Waals surface area contributed by atoms with Gasteiger partial charge in [0, 0.05) is 0 Å². The Balaban J connectivity index is 2.67. The summed E-state index contributed by atoms with van der Waals surface area (Å²) in [6, 6.07) is 6.40. The zero-order chi connectivity index (χ0) is 7.84. The van der Waals surface area contributed by atoms with E-state index in [0.29, 0.717) is 11.1 Å². The molecule has 0 amide bonds. The summed E-state index contributed by atoms with van der Waals surface area (Å²) < 4.78 is 4.39. The summed E-state index contributed by atoms with van der Waals surface area (Å²) >= 11 is 0. The first-order valence-electron chi connectivity index (χ1n) is 3.14. The van der Waals surface area contributed by atoms with Crippen molar-refractivity contribution in [1.29, 1.82) is 0 Å². The van der Waals surface area contributed by atoms with Crippen molar-refractivity contribution in [2.45, 2.75) is 0 Å². The number of hydrogen-bond acceptors (Lipinski definition) is 3. The van der Waals surface area contributed by atoms with Crippen LogP contribution in [0.1, 0.15) is 20.7 Å². The minimum absolute atomic E-state index is 0.433. The molecule has 3 heteroatoms. The quantitative estimate of drug-likeness (QED) is 0.407. The highest BCUT2D eigenvalue weighted by molar-refractivity contribution is 6.07. The van der Waals surface area contributed by atoms with Crippen LogP contribution in [0, 0.1) is 0 Å². The lowest BCUT2D eigenvalue weighted by atomic mass is 10.1. The van der Waals surface area contributed by atoms with Crippen LogP contribution in [0.5, 0.6) is 0 Å². The largest absolute Gasteiger partial charge is 0.386 e. The molecule has 0 atom stereocenters. The van der Waals surface area contributed by atoms with Gasteiger partial charge in [0.05, 0.1) is 11.1 Å². The SMILES string of the molecule is O=C1OC(=O)c2cccc1c2. The van der Waals surface area contributed by atoms with E-state index < -0.39 is 11.9 Å². The smallest absolute Gasteiger partial charge is 0.346 e. The number of fused-ring (bicyclic) bond motifs is 2. The molecule has 0 fully saturated rings. The summed E-state index contributed by atoms with van der Waals surface area (Å²) in [5, 5.41) is 0. The average Bonchev–Trinajstić information content (AvgIpc) is 2.02. The van der Waals surface area contributed by atoms with Crippen molar-refractivity contribution >= 4 is 11.9 Å². The first kappa shape index (κ1) is 6.09. The topological polar surface area (TPSA) is 43.4 Å². The molecular formula is C8H4O3. The number of esters is 2.